The Hall–Kier alpha value is -1.55. The molecular weight excluding hydrogens is 278 g/mol. The zero-order chi connectivity index (χ0) is 15.7. The van der Waals surface area contributed by atoms with Crippen LogP contribution in [0.15, 0.2) is 24.3 Å². The molecule has 0 unspecified atom stereocenters. The second-order valence-electron chi connectivity index (χ2n) is 7.31. The average molecular weight is 303 g/mol. The fraction of sp³-hybridized carbons (Fsp3) is 0.611. The summed E-state index contributed by atoms with van der Waals surface area (Å²) in [5, 5.41) is 0. The Morgan fingerprint density at radius 1 is 1.14 bits per heavy atom. The van der Waals surface area contributed by atoms with Gasteiger partial charge in [0.1, 0.15) is 5.60 Å². The Morgan fingerprint density at radius 2 is 1.73 bits per heavy atom. The average Bonchev–Trinajstić information content (AvgIpc) is 2.89. The summed E-state index contributed by atoms with van der Waals surface area (Å²) < 4.78 is 10.8. The lowest BCUT2D eigenvalue weighted by atomic mass is 9.89. The van der Waals surface area contributed by atoms with E-state index in [0.717, 1.165) is 32.7 Å². The predicted octanol–water partition coefficient (Wildman–Crippen LogP) is 3.52. The minimum atomic E-state index is -0.423. The summed E-state index contributed by atoms with van der Waals surface area (Å²) in [6.45, 7) is 8.91. The van der Waals surface area contributed by atoms with Crippen molar-refractivity contribution in [1.29, 1.82) is 0 Å². The number of nitrogens with zero attached hydrogens (tertiary/aromatic N) is 1. The smallest absolute Gasteiger partial charge is 0.410 e. The van der Waals surface area contributed by atoms with Crippen molar-refractivity contribution < 1.29 is 14.3 Å². The highest BCUT2D eigenvalue weighted by molar-refractivity contribution is 5.69. The maximum absolute atomic E-state index is 11.9. The van der Waals surface area contributed by atoms with Crippen molar-refractivity contribution in [1.82, 2.24) is 4.90 Å². The molecule has 0 spiro atoms. The minimum absolute atomic E-state index is 0.205. The highest BCUT2D eigenvalue weighted by atomic mass is 16.6. The lowest BCUT2D eigenvalue weighted by molar-refractivity contribution is 0.00819. The van der Waals surface area contributed by atoms with Gasteiger partial charge in [-0.2, -0.15) is 0 Å². The molecule has 4 nitrogen and oxygen atoms in total. The van der Waals surface area contributed by atoms with Gasteiger partial charge in [-0.1, -0.05) is 24.3 Å². The van der Waals surface area contributed by atoms with Gasteiger partial charge in [-0.15, -0.1) is 0 Å². The summed E-state index contributed by atoms with van der Waals surface area (Å²) in [7, 11) is 0. The number of carbonyl (C=O) groups is 1. The Kier molecular flexibility index (Phi) is 4.13. The topological polar surface area (TPSA) is 38.8 Å². The van der Waals surface area contributed by atoms with Gasteiger partial charge < -0.3 is 14.4 Å². The Morgan fingerprint density at radius 3 is 2.23 bits per heavy atom. The second kappa shape index (κ2) is 5.92. The maximum atomic E-state index is 11.9. The molecule has 1 aromatic rings. The van der Waals surface area contributed by atoms with Gasteiger partial charge in [0.15, 0.2) is 0 Å². The van der Waals surface area contributed by atoms with Crippen LogP contribution >= 0.6 is 0 Å². The van der Waals surface area contributed by atoms with Crippen LogP contribution in [0.2, 0.25) is 0 Å². The van der Waals surface area contributed by atoms with Gasteiger partial charge in [0.25, 0.3) is 0 Å². The van der Waals surface area contributed by atoms with Crippen molar-refractivity contribution >= 4 is 6.09 Å². The third kappa shape index (κ3) is 3.43. The van der Waals surface area contributed by atoms with Crippen molar-refractivity contribution in [2.24, 2.45) is 0 Å². The number of amides is 1. The van der Waals surface area contributed by atoms with Gasteiger partial charge in [0.05, 0.1) is 6.61 Å². The van der Waals surface area contributed by atoms with E-state index in [1.165, 1.54) is 11.1 Å². The standard InChI is InChI=1S/C18H25NO3/c1-18(2,3)22-17(20)19-10-16(11-19)14-6-4-13(5-7-14)15-8-9-21-12-15/h4-7,15-16H,8-12H2,1-3H3/t15-/m1/s1. The van der Waals surface area contributed by atoms with Crippen LogP contribution in [-0.2, 0) is 9.47 Å². The summed E-state index contributed by atoms with van der Waals surface area (Å²) in [6, 6.07) is 8.82. The summed E-state index contributed by atoms with van der Waals surface area (Å²) in [5.74, 6) is 0.982. The Labute approximate surface area is 132 Å². The molecular formula is C18H25NO3. The van der Waals surface area contributed by atoms with E-state index in [1.54, 1.807) is 4.90 Å². The summed E-state index contributed by atoms with van der Waals surface area (Å²) in [5.41, 5.74) is 2.25. The molecule has 2 saturated heterocycles. The fourth-order valence-corrected chi connectivity index (χ4v) is 3.00. The number of hydrogen-bond donors (Lipinski definition) is 0. The summed E-state index contributed by atoms with van der Waals surface area (Å²) in [4.78, 5) is 13.7. The van der Waals surface area contributed by atoms with Gasteiger partial charge in [-0.05, 0) is 38.3 Å². The molecule has 0 radical (unpaired) electrons. The summed E-state index contributed by atoms with van der Waals surface area (Å²) >= 11 is 0. The lowest BCUT2D eigenvalue weighted by Gasteiger charge is -2.40. The zero-order valence-electron chi connectivity index (χ0n) is 13.7. The number of likely N-dealkylation sites (tertiary alicyclic amines) is 1. The van der Waals surface area contributed by atoms with E-state index in [4.69, 9.17) is 9.47 Å². The molecule has 120 valence electrons. The van der Waals surface area contributed by atoms with Crippen molar-refractivity contribution in [3.63, 3.8) is 0 Å². The molecule has 0 saturated carbocycles. The number of ether oxygens (including phenoxy) is 2. The van der Waals surface area contributed by atoms with E-state index in [9.17, 15) is 4.79 Å². The largest absolute Gasteiger partial charge is 0.444 e. The first kappa shape index (κ1) is 15.3. The molecule has 3 rings (SSSR count). The van der Waals surface area contributed by atoms with Crippen LogP contribution in [0.4, 0.5) is 4.79 Å². The van der Waals surface area contributed by atoms with Gasteiger partial charge >= 0.3 is 6.09 Å². The molecule has 0 aliphatic carbocycles. The highest BCUT2D eigenvalue weighted by Gasteiger charge is 2.34. The van der Waals surface area contributed by atoms with Gasteiger partial charge in [0.2, 0.25) is 0 Å². The second-order valence-corrected chi connectivity index (χ2v) is 7.31. The molecule has 1 aromatic carbocycles. The molecule has 2 aliphatic rings. The Bertz CT molecular complexity index is 520. The Balaban J connectivity index is 1.53. The SMILES string of the molecule is CC(C)(C)OC(=O)N1CC(c2ccc([C@@H]3CCOC3)cc2)C1. The van der Waals surface area contributed by atoms with E-state index in [-0.39, 0.29) is 6.09 Å². The first-order valence-electron chi connectivity index (χ1n) is 8.08. The molecule has 1 amide bonds. The molecule has 0 aromatic heterocycles. The third-order valence-electron chi connectivity index (χ3n) is 4.34. The number of benzene rings is 1. The van der Waals surface area contributed by atoms with Gasteiger partial charge in [-0.25, -0.2) is 4.79 Å². The van der Waals surface area contributed by atoms with E-state index in [2.05, 4.69) is 24.3 Å². The molecule has 0 bridgehead atoms. The first-order chi connectivity index (χ1) is 10.4. The van der Waals surface area contributed by atoms with Crippen molar-refractivity contribution in [2.75, 3.05) is 26.3 Å². The van der Waals surface area contributed by atoms with E-state index < -0.39 is 5.60 Å². The van der Waals surface area contributed by atoms with Crippen LogP contribution in [0, 0.1) is 0 Å². The molecule has 4 heteroatoms. The van der Waals surface area contributed by atoms with Crippen LogP contribution in [-0.4, -0.2) is 42.9 Å². The molecule has 0 N–H and O–H groups in total. The lowest BCUT2D eigenvalue weighted by Crippen LogP contribution is -2.50. The fourth-order valence-electron chi connectivity index (χ4n) is 3.00. The van der Waals surface area contributed by atoms with Gasteiger partial charge in [0, 0.05) is 31.5 Å². The normalized spacial score (nSPS) is 22.5. The molecule has 2 aliphatic heterocycles. The minimum Gasteiger partial charge on any atom is -0.444 e. The van der Waals surface area contributed by atoms with Crippen molar-refractivity contribution in [2.45, 2.75) is 44.6 Å². The molecule has 22 heavy (non-hydrogen) atoms. The van der Waals surface area contributed by atoms with Crippen LogP contribution in [0.5, 0.6) is 0 Å². The van der Waals surface area contributed by atoms with Crippen LogP contribution in [0.3, 0.4) is 0 Å². The van der Waals surface area contributed by atoms with E-state index in [1.807, 2.05) is 20.8 Å². The molecule has 2 fully saturated rings. The quantitative estimate of drug-likeness (QED) is 0.839. The molecule has 2 heterocycles. The molecule has 1 atom stereocenters. The van der Waals surface area contributed by atoms with E-state index >= 15 is 0 Å². The zero-order valence-corrected chi connectivity index (χ0v) is 13.7. The number of rotatable bonds is 2. The number of carbonyl (C=O) groups excluding carboxylic acids is 1. The van der Waals surface area contributed by atoms with Crippen LogP contribution in [0.1, 0.15) is 50.2 Å². The highest BCUT2D eigenvalue weighted by Crippen LogP contribution is 2.31. The summed E-state index contributed by atoms with van der Waals surface area (Å²) in [6.07, 6.45) is 0.915. The monoisotopic (exact) mass is 303 g/mol. The third-order valence-corrected chi connectivity index (χ3v) is 4.34. The van der Waals surface area contributed by atoms with Gasteiger partial charge in [-0.3, -0.25) is 0 Å². The van der Waals surface area contributed by atoms with Crippen LogP contribution < -0.4 is 0 Å². The van der Waals surface area contributed by atoms with Crippen molar-refractivity contribution in [3.8, 4) is 0 Å². The maximum Gasteiger partial charge on any atom is 0.410 e. The predicted molar refractivity (Wildman–Crippen MR) is 85.2 cm³/mol. The number of hydrogen-bond acceptors (Lipinski definition) is 3. The first-order valence-corrected chi connectivity index (χ1v) is 8.08. The van der Waals surface area contributed by atoms with E-state index in [0.29, 0.717) is 11.8 Å². The van der Waals surface area contributed by atoms with Crippen LogP contribution in [0.25, 0.3) is 0 Å². The van der Waals surface area contributed by atoms with Crippen molar-refractivity contribution in [3.05, 3.63) is 35.4 Å².